The number of aryl methyl sites for hydroxylation is 1. The molecule has 0 heterocycles. The van der Waals surface area contributed by atoms with Gasteiger partial charge >= 0.3 is 0 Å². The maximum absolute atomic E-state index is 5.84. The molecule has 0 saturated carbocycles. The van der Waals surface area contributed by atoms with E-state index in [1.807, 2.05) is 0 Å². The van der Waals surface area contributed by atoms with Crippen LogP contribution in [-0.4, -0.2) is 6.54 Å². The van der Waals surface area contributed by atoms with Crippen molar-refractivity contribution in [3.8, 4) is 0 Å². The lowest BCUT2D eigenvalue weighted by Gasteiger charge is -2.09. The highest BCUT2D eigenvalue weighted by Crippen LogP contribution is 2.12. The summed E-state index contributed by atoms with van der Waals surface area (Å²) in [6, 6.07) is 8.51. The highest BCUT2D eigenvalue weighted by atomic mass is 14.7. The van der Waals surface area contributed by atoms with E-state index in [2.05, 4.69) is 31.2 Å². The van der Waals surface area contributed by atoms with E-state index in [-0.39, 0.29) is 6.04 Å². The summed E-state index contributed by atoms with van der Waals surface area (Å²) in [6.07, 6.45) is 5.03. The number of rotatable bonds is 6. The van der Waals surface area contributed by atoms with E-state index in [4.69, 9.17) is 11.5 Å². The molecule has 84 valence electrons. The van der Waals surface area contributed by atoms with Gasteiger partial charge in [0.1, 0.15) is 0 Å². The molecule has 0 aliphatic heterocycles. The molecule has 0 aliphatic carbocycles. The minimum atomic E-state index is -0.0188. The molecule has 1 rings (SSSR count). The molecule has 0 bridgehead atoms. The lowest BCUT2D eigenvalue weighted by atomic mass is 10.0. The van der Waals surface area contributed by atoms with Crippen molar-refractivity contribution >= 4 is 0 Å². The van der Waals surface area contributed by atoms with Gasteiger partial charge in [0, 0.05) is 12.6 Å². The zero-order valence-electron chi connectivity index (χ0n) is 9.58. The van der Waals surface area contributed by atoms with Crippen LogP contribution in [0.15, 0.2) is 24.3 Å². The second kappa shape index (κ2) is 6.59. The molecule has 15 heavy (non-hydrogen) atoms. The number of benzene rings is 1. The zero-order chi connectivity index (χ0) is 11.1. The molecule has 2 heteroatoms. The molecule has 0 amide bonds. The van der Waals surface area contributed by atoms with Gasteiger partial charge < -0.3 is 11.5 Å². The molecule has 0 fully saturated rings. The molecule has 0 spiro atoms. The molecule has 1 aromatic rings. The van der Waals surface area contributed by atoms with Gasteiger partial charge in [-0.15, -0.1) is 0 Å². The van der Waals surface area contributed by atoms with Gasteiger partial charge in [-0.1, -0.05) is 44.0 Å². The van der Waals surface area contributed by atoms with Crippen LogP contribution in [0.4, 0.5) is 0 Å². The molecule has 2 nitrogen and oxygen atoms in total. The van der Waals surface area contributed by atoms with Gasteiger partial charge in [-0.25, -0.2) is 0 Å². The van der Waals surface area contributed by atoms with Crippen molar-refractivity contribution < 1.29 is 0 Å². The zero-order valence-corrected chi connectivity index (χ0v) is 9.58. The average Bonchev–Trinajstić information content (AvgIpc) is 2.29. The second-order valence-electron chi connectivity index (χ2n) is 4.04. The first-order valence-electron chi connectivity index (χ1n) is 5.82. The van der Waals surface area contributed by atoms with E-state index in [1.165, 1.54) is 31.2 Å². The van der Waals surface area contributed by atoms with Crippen molar-refractivity contribution in [1.29, 1.82) is 0 Å². The Morgan fingerprint density at radius 3 is 2.33 bits per heavy atom. The summed E-state index contributed by atoms with van der Waals surface area (Å²) in [5.41, 5.74) is 13.9. The van der Waals surface area contributed by atoms with E-state index < -0.39 is 0 Å². The van der Waals surface area contributed by atoms with Crippen LogP contribution in [0.5, 0.6) is 0 Å². The third-order valence-corrected chi connectivity index (χ3v) is 2.73. The summed E-state index contributed by atoms with van der Waals surface area (Å²) in [5, 5.41) is 0. The van der Waals surface area contributed by atoms with Crippen molar-refractivity contribution in [2.75, 3.05) is 6.54 Å². The Labute approximate surface area is 92.7 Å². The van der Waals surface area contributed by atoms with E-state index in [1.54, 1.807) is 0 Å². The number of nitrogens with two attached hydrogens (primary N) is 2. The minimum Gasteiger partial charge on any atom is -0.329 e. The highest BCUT2D eigenvalue weighted by Gasteiger charge is 2.02. The van der Waals surface area contributed by atoms with Crippen LogP contribution in [-0.2, 0) is 6.42 Å². The van der Waals surface area contributed by atoms with Crippen LogP contribution in [0, 0.1) is 0 Å². The second-order valence-corrected chi connectivity index (χ2v) is 4.04. The largest absolute Gasteiger partial charge is 0.329 e. The third kappa shape index (κ3) is 4.02. The van der Waals surface area contributed by atoms with Gasteiger partial charge in [0.15, 0.2) is 0 Å². The molecule has 0 radical (unpaired) electrons. The number of hydrogen-bond acceptors (Lipinski definition) is 2. The van der Waals surface area contributed by atoms with E-state index in [9.17, 15) is 0 Å². The molecule has 0 aromatic heterocycles. The fourth-order valence-corrected chi connectivity index (χ4v) is 1.65. The Morgan fingerprint density at radius 2 is 1.80 bits per heavy atom. The van der Waals surface area contributed by atoms with Crippen molar-refractivity contribution in [2.45, 2.75) is 38.6 Å². The topological polar surface area (TPSA) is 52.0 Å². The van der Waals surface area contributed by atoms with E-state index >= 15 is 0 Å². The van der Waals surface area contributed by atoms with Crippen LogP contribution in [0.3, 0.4) is 0 Å². The fraction of sp³-hybridized carbons (Fsp3) is 0.538. The Kier molecular flexibility index (Phi) is 5.37. The molecular weight excluding hydrogens is 184 g/mol. The smallest absolute Gasteiger partial charge is 0.0419 e. The molecule has 0 saturated heterocycles. The van der Waals surface area contributed by atoms with Crippen LogP contribution in [0.1, 0.15) is 43.4 Å². The summed E-state index contributed by atoms with van der Waals surface area (Å²) in [7, 11) is 0. The molecule has 1 aromatic carbocycles. The van der Waals surface area contributed by atoms with E-state index in [0.717, 1.165) is 5.56 Å². The third-order valence-electron chi connectivity index (χ3n) is 2.73. The summed E-state index contributed by atoms with van der Waals surface area (Å²) < 4.78 is 0. The first kappa shape index (κ1) is 12.2. The molecule has 0 unspecified atom stereocenters. The van der Waals surface area contributed by atoms with Gasteiger partial charge in [-0.2, -0.15) is 0 Å². The van der Waals surface area contributed by atoms with Crippen LogP contribution < -0.4 is 11.5 Å². The molecule has 4 N–H and O–H groups in total. The van der Waals surface area contributed by atoms with Crippen molar-refractivity contribution in [3.63, 3.8) is 0 Å². The summed E-state index contributed by atoms with van der Waals surface area (Å²) >= 11 is 0. The van der Waals surface area contributed by atoms with Crippen molar-refractivity contribution in [2.24, 2.45) is 11.5 Å². The van der Waals surface area contributed by atoms with Gasteiger partial charge in [0.25, 0.3) is 0 Å². The normalized spacial score (nSPS) is 12.7. The Morgan fingerprint density at radius 1 is 1.13 bits per heavy atom. The van der Waals surface area contributed by atoms with Crippen molar-refractivity contribution in [3.05, 3.63) is 35.4 Å². The monoisotopic (exact) mass is 206 g/mol. The summed E-state index contributed by atoms with van der Waals surface area (Å²) in [6.45, 7) is 2.73. The number of unbranched alkanes of at least 4 members (excludes halogenated alkanes) is 2. The SMILES string of the molecule is CCCCCc1ccc([C@H](N)CN)cc1. The Bertz CT molecular complexity index is 266. The van der Waals surface area contributed by atoms with Crippen LogP contribution in [0.2, 0.25) is 0 Å². The average molecular weight is 206 g/mol. The van der Waals surface area contributed by atoms with Gasteiger partial charge in [0.05, 0.1) is 0 Å². The lowest BCUT2D eigenvalue weighted by Crippen LogP contribution is -2.20. The molecular formula is C13H22N2. The van der Waals surface area contributed by atoms with Crippen molar-refractivity contribution in [1.82, 2.24) is 0 Å². The van der Waals surface area contributed by atoms with Gasteiger partial charge in [-0.05, 0) is 24.0 Å². The lowest BCUT2D eigenvalue weighted by molar-refractivity contribution is 0.714. The Balaban J connectivity index is 2.49. The Hall–Kier alpha value is -0.860. The predicted molar refractivity (Wildman–Crippen MR) is 65.7 cm³/mol. The summed E-state index contributed by atoms with van der Waals surface area (Å²) in [5.74, 6) is 0. The van der Waals surface area contributed by atoms with Crippen LogP contribution in [0.25, 0.3) is 0 Å². The number of hydrogen-bond donors (Lipinski definition) is 2. The first-order chi connectivity index (χ1) is 7.27. The fourth-order valence-electron chi connectivity index (χ4n) is 1.65. The minimum absolute atomic E-state index is 0.0188. The van der Waals surface area contributed by atoms with E-state index in [0.29, 0.717) is 6.54 Å². The summed E-state index contributed by atoms with van der Waals surface area (Å²) in [4.78, 5) is 0. The van der Waals surface area contributed by atoms with Gasteiger partial charge in [0.2, 0.25) is 0 Å². The standard InChI is InChI=1S/C13H22N2/c1-2-3-4-5-11-6-8-12(9-7-11)13(15)10-14/h6-9,13H,2-5,10,14-15H2,1H3/t13-/m1/s1. The molecule has 1 atom stereocenters. The predicted octanol–water partition coefficient (Wildman–Crippen LogP) is 2.38. The molecule has 0 aliphatic rings. The first-order valence-corrected chi connectivity index (χ1v) is 5.82. The maximum atomic E-state index is 5.84. The highest BCUT2D eigenvalue weighted by molar-refractivity contribution is 5.25. The quantitative estimate of drug-likeness (QED) is 0.702. The maximum Gasteiger partial charge on any atom is 0.0419 e. The van der Waals surface area contributed by atoms with Crippen LogP contribution >= 0.6 is 0 Å². The van der Waals surface area contributed by atoms with Gasteiger partial charge in [-0.3, -0.25) is 0 Å².